The first kappa shape index (κ1) is 21.3. The lowest BCUT2D eigenvalue weighted by Crippen LogP contribution is -2.53. The Labute approximate surface area is 164 Å². The Kier molecular flexibility index (Phi) is 8.16. The van der Waals surface area contributed by atoms with Gasteiger partial charge in [0, 0.05) is 13.1 Å². The zero-order valence-electron chi connectivity index (χ0n) is 15.9. The molecule has 3 atom stereocenters. The normalized spacial score (nSPS) is 20.7. The van der Waals surface area contributed by atoms with E-state index in [-0.39, 0.29) is 24.2 Å². The number of rotatable bonds is 8. The smallest absolute Gasteiger partial charge is 0.306 e. The van der Waals surface area contributed by atoms with Crippen LogP contribution in [0.5, 0.6) is 0 Å². The van der Waals surface area contributed by atoms with Crippen molar-refractivity contribution < 1.29 is 19.5 Å². The van der Waals surface area contributed by atoms with Crippen LogP contribution >= 0.6 is 11.8 Å². The minimum atomic E-state index is -0.801. The van der Waals surface area contributed by atoms with Gasteiger partial charge in [0.1, 0.15) is 6.04 Å². The third-order valence-electron chi connectivity index (χ3n) is 4.99. The summed E-state index contributed by atoms with van der Waals surface area (Å²) in [5.41, 5.74) is 0.905. The number of thioether (sulfide) groups is 1. The quantitative estimate of drug-likeness (QED) is 0.707. The van der Waals surface area contributed by atoms with Gasteiger partial charge in [-0.15, -0.1) is 0 Å². The summed E-state index contributed by atoms with van der Waals surface area (Å²) in [7, 11) is 0. The number of carbonyl (C=O) groups is 3. The van der Waals surface area contributed by atoms with Gasteiger partial charge >= 0.3 is 5.97 Å². The van der Waals surface area contributed by atoms with Crippen LogP contribution in [0.2, 0.25) is 0 Å². The van der Waals surface area contributed by atoms with Crippen LogP contribution in [0.15, 0.2) is 30.3 Å². The molecule has 1 aromatic rings. The number of benzene rings is 1. The number of carboxylic acid groups (broad SMARTS) is 1. The molecule has 27 heavy (non-hydrogen) atoms. The summed E-state index contributed by atoms with van der Waals surface area (Å²) in [4.78, 5) is 38.4. The summed E-state index contributed by atoms with van der Waals surface area (Å²) in [5, 5.41) is 12.1. The van der Waals surface area contributed by atoms with E-state index in [1.165, 1.54) is 0 Å². The summed E-state index contributed by atoms with van der Waals surface area (Å²) in [6.45, 7) is 2.70. The minimum Gasteiger partial charge on any atom is -0.481 e. The Morgan fingerprint density at radius 1 is 1.30 bits per heavy atom. The number of nitrogens with zero attached hydrogens (tertiary/aromatic N) is 1. The van der Waals surface area contributed by atoms with Crippen molar-refractivity contribution in [1.82, 2.24) is 10.2 Å². The van der Waals surface area contributed by atoms with Crippen LogP contribution in [0.3, 0.4) is 0 Å². The van der Waals surface area contributed by atoms with Crippen molar-refractivity contribution >= 4 is 29.5 Å². The number of hydrogen-bond donors (Lipinski definition) is 2. The summed E-state index contributed by atoms with van der Waals surface area (Å²) in [6.07, 6.45) is 3.22. The second-order valence-electron chi connectivity index (χ2n) is 7.06. The van der Waals surface area contributed by atoms with Crippen molar-refractivity contribution in [2.45, 2.75) is 32.2 Å². The number of aliphatic carboxylic acids is 1. The fourth-order valence-corrected chi connectivity index (χ4v) is 3.92. The van der Waals surface area contributed by atoms with E-state index in [1.54, 1.807) is 16.7 Å². The number of carboxylic acids is 1. The van der Waals surface area contributed by atoms with Crippen LogP contribution < -0.4 is 5.32 Å². The molecule has 1 aromatic carbocycles. The highest BCUT2D eigenvalue weighted by molar-refractivity contribution is 7.98. The van der Waals surface area contributed by atoms with Gasteiger partial charge < -0.3 is 15.3 Å². The standard InChI is InChI=1S/C20H28N2O4S/c1-14-13-22(10-8-16(14)20(25)26)19(24)17(9-11-27-2)21-18(23)12-15-6-4-3-5-7-15/h3-7,14,16-17H,8-13H2,1-2H3,(H,21,23)(H,25,26). The van der Waals surface area contributed by atoms with E-state index in [0.717, 1.165) is 11.3 Å². The second-order valence-corrected chi connectivity index (χ2v) is 8.04. The van der Waals surface area contributed by atoms with Gasteiger partial charge in [0.05, 0.1) is 12.3 Å². The monoisotopic (exact) mass is 392 g/mol. The zero-order valence-corrected chi connectivity index (χ0v) is 16.7. The van der Waals surface area contributed by atoms with Gasteiger partial charge in [-0.05, 0) is 36.3 Å². The van der Waals surface area contributed by atoms with Crippen LogP contribution in [0, 0.1) is 11.8 Å². The summed E-state index contributed by atoms with van der Waals surface area (Å²) in [6, 6.07) is 8.86. The molecule has 1 heterocycles. The largest absolute Gasteiger partial charge is 0.481 e. The molecule has 1 fully saturated rings. The third-order valence-corrected chi connectivity index (χ3v) is 5.63. The van der Waals surface area contributed by atoms with Crippen molar-refractivity contribution in [3.05, 3.63) is 35.9 Å². The number of likely N-dealkylation sites (tertiary alicyclic amines) is 1. The zero-order chi connectivity index (χ0) is 19.8. The Morgan fingerprint density at radius 3 is 2.59 bits per heavy atom. The number of amides is 2. The van der Waals surface area contributed by atoms with Gasteiger partial charge in [0.2, 0.25) is 11.8 Å². The third kappa shape index (κ3) is 6.27. The van der Waals surface area contributed by atoms with E-state index in [0.29, 0.717) is 25.9 Å². The summed E-state index contributed by atoms with van der Waals surface area (Å²) in [5.74, 6) is -0.823. The van der Waals surface area contributed by atoms with Crippen LogP contribution in [-0.4, -0.2) is 58.9 Å². The predicted octanol–water partition coefficient (Wildman–Crippen LogP) is 2.04. The Morgan fingerprint density at radius 2 is 2.00 bits per heavy atom. The Hall–Kier alpha value is -2.02. The second kappa shape index (κ2) is 10.3. The first-order chi connectivity index (χ1) is 12.9. The molecule has 1 aliphatic rings. The molecule has 1 saturated heterocycles. The predicted molar refractivity (Wildman–Crippen MR) is 107 cm³/mol. The number of hydrogen-bond acceptors (Lipinski definition) is 4. The van der Waals surface area contributed by atoms with E-state index >= 15 is 0 Å². The molecule has 0 bridgehead atoms. The van der Waals surface area contributed by atoms with Crippen molar-refractivity contribution in [2.75, 3.05) is 25.1 Å². The molecule has 2 amide bonds. The number of carbonyl (C=O) groups excluding carboxylic acids is 2. The van der Waals surface area contributed by atoms with E-state index in [2.05, 4.69) is 5.32 Å². The lowest BCUT2D eigenvalue weighted by atomic mass is 9.86. The van der Waals surface area contributed by atoms with Gasteiger partial charge in [0.25, 0.3) is 0 Å². The van der Waals surface area contributed by atoms with Crippen molar-refractivity contribution in [3.63, 3.8) is 0 Å². The molecule has 6 nitrogen and oxygen atoms in total. The average Bonchev–Trinajstić information content (AvgIpc) is 2.65. The Balaban J connectivity index is 1.98. The Bertz CT molecular complexity index is 653. The number of piperidine rings is 1. The minimum absolute atomic E-state index is 0.0959. The van der Waals surface area contributed by atoms with E-state index in [4.69, 9.17) is 0 Å². The first-order valence-corrected chi connectivity index (χ1v) is 10.7. The van der Waals surface area contributed by atoms with Crippen molar-refractivity contribution in [1.29, 1.82) is 0 Å². The molecule has 0 saturated carbocycles. The average molecular weight is 393 g/mol. The number of nitrogens with one attached hydrogen (secondary N) is 1. The lowest BCUT2D eigenvalue weighted by Gasteiger charge is -2.37. The molecule has 0 spiro atoms. The van der Waals surface area contributed by atoms with Gasteiger partial charge in [0.15, 0.2) is 0 Å². The topological polar surface area (TPSA) is 86.7 Å². The summed E-state index contributed by atoms with van der Waals surface area (Å²) < 4.78 is 0. The van der Waals surface area contributed by atoms with E-state index in [9.17, 15) is 19.5 Å². The highest BCUT2D eigenvalue weighted by Gasteiger charge is 2.35. The molecule has 2 rings (SSSR count). The SMILES string of the molecule is CSCCC(NC(=O)Cc1ccccc1)C(=O)N1CCC(C(=O)O)C(C)C1. The van der Waals surface area contributed by atoms with Crippen LogP contribution in [0.1, 0.15) is 25.3 Å². The van der Waals surface area contributed by atoms with Gasteiger partial charge in [-0.2, -0.15) is 11.8 Å². The fraction of sp³-hybridized carbons (Fsp3) is 0.550. The molecule has 0 aromatic heterocycles. The highest BCUT2D eigenvalue weighted by atomic mass is 32.2. The van der Waals surface area contributed by atoms with Crippen LogP contribution in [-0.2, 0) is 20.8 Å². The fourth-order valence-electron chi connectivity index (χ4n) is 3.45. The van der Waals surface area contributed by atoms with E-state index in [1.807, 2.05) is 43.5 Å². The van der Waals surface area contributed by atoms with Crippen LogP contribution in [0.4, 0.5) is 0 Å². The van der Waals surface area contributed by atoms with E-state index < -0.39 is 17.9 Å². The molecular weight excluding hydrogens is 364 g/mol. The molecule has 7 heteroatoms. The van der Waals surface area contributed by atoms with Crippen molar-refractivity contribution in [3.8, 4) is 0 Å². The maximum absolute atomic E-state index is 13.0. The molecule has 1 aliphatic heterocycles. The highest BCUT2D eigenvalue weighted by Crippen LogP contribution is 2.24. The maximum atomic E-state index is 13.0. The molecule has 0 aliphatic carbocycles. The van der Waals surface area contributed by atoms with Gasteiger partial charge in [-0.1, -0.05) is 37.3 Å². The maximum Gasteiger partial charge on any atom is 0.306 e. The summed E-state index contributed by atoms with van der Waals surface area (Å²) >= 11 is 1.63. The molecule has 2 N–H and O–H groups in total. The molecule has 3 unspecified atom stereocenters. The van der Waals surface area contributed by atoms with Crippen molar-refractivity contribution in [2.24, 2.45) is 11.8 Å². The molecule has 148 valence electrons. The van der Waals surface area contributed by atoms with Gasteiger partial charge in [-0.25, -0.2) is 0 Å². The molecular formula is C20H28N2O4S. The first-order valence-electron chi connectivity index (χ1n) is 9.26. The lowest BCUT2D eigenvalue weighted by molar-refractivity contribution is -0.149. The van der Waals surface area contributed by atoms with Crippen LogP contribution in [0.25, 0.3) is 0 Å². The molecule has 0 radical (unpaired) electrons. The van der Waals surface area contributed by atoms with Gasteiger partial charge in [-0.3, -0.25) is 14.4 Å².